The van der Waals surface area contributed by atoms with Crippen molar-refractivity contribution in [1.29, 1.82) is 0 Å². The van der Waals surface area contributed by atoms with Crippen molar-refractivity contribution in [3.05, 3.63) is 36.5 Å². The Morgan fingerprint density at radius 2 is 1.07 bits per heavy atom. The van der Waals surface area contributed by atoms with Crippen molar-refractivity contribution in [3.63, 3.8) is 0 Å². The van der Waals surface area contributed by atoms with Crippen molar-refractivity contribution in [1.82, 2.24) is 0 Å². The Labute approximate surface area is 329 Å². The van der Waals surface area contributed by atoms with E-state index in [1.165, 1.54) is 122 Å². The SMILES string of the molecule is CCCCCCCCCCCCCCCCCCCCC(=O)OC[C@H](COP(=O)(O)O)OC(=O)CCC/C=C\C/C=C\C/C=C\CC1OC1CCCCC. The highest BCUT2D eigenvalue weighted by Crippen LogP contribution is 2.36. The van der Waals surface area contributed by atoms with E-state index in [9.17, 15) is 14.2 Å². The number of rotatable bonds is 39. The standard InChI is InChI=1S/C44H79O9P/c1-3-5-7-8-9-10-11-12-13-14-15-16-17-18-22-25-28-32-36-43(45)50-38-40(39-51-54(47,48)49)52-44(46)37-33-29-26-23-20-19-21-24-27-31-35-42-41(53-42)34-30-6-4-2/h19,21,23,26-27,31,40-42H,3-18,20,22,24-25,28-30,32-39H2,1-2H3,(H2,47,48,49)/b21-19-,26-23-,31-27-/t40-,41?,42?/m1/s1. The van der Waals surface area contributed by atoms with Crippen LogP contribution in [-0.2, 0) is 32.9 Å². The quantitative estimate of drug-likeness (QED) is 0.0205. The van der Waals surface area contributed by atoms with Gasteiger partial charge in [0.2, 0.25) is 0 Å². The lowest BCUT2D eigenvalue weighted by Gasteiger charge is -2.18. The number of hydrogen-bond acceptors (Lipinski definition) is 7. The first-order valence-electron chi connectivity index (χ1n) is 21.9. The molecule has 0 amide bonds. The number of esters is 2. The van der Waals surface area contributed by atoms with Gasteiger partial charge in [0.05, 0.1) is 18.8 Å². The Morgan fingerprint density at radius 3 is 1.63 bits per heavy atom. The zero-order valence-corrected chi connectivity index (χ0v) is 35.2. The van der Waals surface area contributed by atoms with E-state index in [0.29, 0.717) is 25.0 Å². The third-order valence-corrected chi connectivity index (χ3v) is 10.3. The molecule has 1 saturated heterocycles. The van der Waals surface area contributed by atoms with Crippen LogP contribution in [0.4, 0.5) is 0 Å². The van der Waals surface area contributed by atoms with E-state index in [0.717, 1.165) is 38.5 Å². The summed E-state index contributed by atoms with van der Waals surface area (Å²) in [6.45, 7) is 3.62. The predicted molar refractivity (Wildman–Crippen MR) is 220 cm³/mol. The fraction of sp³-hybridized carbons (Fsp3) is 0.818. The van der Waals surface area contributed by atoms with Crippen molar-refractivity contribution >= 4 is 19.8 Å². The van der Waals surface area contributed by atoms with Gasteiger partial charge < -0.3 is 24.0 Å². The van der Waals surface area contributed by atoms with Gasteiger partial charge in [-0.05, 0) is 44.9 Å². The second kappa shape index (κ2) is 35.6. The Kier molecular flexibility index (Phi) is 33.2. The van der Waals surface area contributed by atoms with Gasteiger partial charge in [0, 0.05) is 12.8 Å². The molecule has 0 radical (unpaired) electrons. The normalized spacial score (nSPS) is 16.5. The van der Waals surface area contributed by atoms with Gasteiger partial charge >= 0.3 is 19.8 Å². The van der Waals surface area contributed by atoms with Crippen LogP contribution in [0.2, 0.25) is 0 Å². The minimum atomic E-state index is -4.77. The number of unbranched alkanes of at least 4 members (excludes halogenated alkanes) is 20. The van der Waals surface area contributed by atoms with E-state index in [1.807, 2.05) is 6.08 Å². The van der Waals surface area contributed by atoms with E-state index in [1.54, 1.807) is 0 Å². The molecule has 2 N–H and O–H groups in total. The lowest BCUT2D eigenvalue weighted by atomic mass is 10.0. The van der Waals surface area contributed by atoms with E-state index in [-0.39, 0.29) is 19.4 Å². The van der Waals surface area contributed by atoms with Crippen LogP contribution in [0.25, 0.3) is 0 Å². The van der Waals surface area contributed by atoms with Crippen LogP contribution in [-0.4, -0.2) is 53.3 Å². The molecule has 314 valence electrons. The molecule has 1 rings (SSSR count). The van der Waals surface area contributed by atoms with E-state index >= 15 is 0 Å². The Morgan fingerprint density at radius 1 is 0.593 bits per heavy atom. The van der Waals surface area contributed by atoms with Gasteiger partial charge in [0.25, 0.3) is 0 Å². The average Bonchev–Trinajstić information content (AvgIpc) is 3.90. The molecule has 0 bridgehead atoms. The summed E-state index contributed by atoms with van der Waals surface area (Å²) in [7, 11) is -4.77. The first-order valence-corrected chi connectivity index (χ1v) is 23.4. The number of epoxide rings is 1. The molecular formula is C44H79O9P. The summed E-state index contributed by atoms with van der Waals surface area (Å²) in [6, 6.07) is 0. The monoisotopic (exact) mass is 783 g/mol. The highest BCUT2D eigenvalue weighted by Gasteiger charge is 2.36. The summed E-state index contributed by atoms with van der Waals surface area (Å²) in [5.41, 5.74) is 0. The van der Waals surface area contributed by atoms with Crippen molar-refractivity contribution in [2.45, 2.75) is 218 Å². The first-order chi connectivity index (χ1) is 26.2. The maximum atomic E-state index is 12.4. The highest BCUT2D eigenvalue weighted by atomic mass is 31.2. The number of ether oxygens (including phenoxy) is 3. The lowest BCUT2D eigenvalue weighted by molar-refractivity contribution is -0.161. The first kappa shape index (κ1) is 50.2. The second-order valence-electron chi connectivity index (χ2n) is 15.1. The van der Waals surface area contributed by atoms with Crippen molar-refractivity contribution < 1.29 is 42.7 Å². The van der Waals surface area contributed by atoms with Gasteiger partial charge in [-0.25, -0.2) is 4.57 Å². The molecule has 2 unspecified atom stereocenters. The van der Waals surface area contributed by atoms with Crippen LogP contribution >= 0.6 is 7.82 Å². The molecule has 0 saturated carbocycles. The molecule has 0 aromatic carbocycles. The van der Waals surface area contributed by atoms with Gasteiger partial charge in [-0.15, -0.1) is 0 Å². The summed E-state index contributed by atoms with van der Waals surface area (Å²) < 4.78 is 32.1. The predicted octanol–water partition coefficient (Wildman–Crippen LogP) is 12.3. The number of phosphoric ester groups is 1. The van der Waals surface area contributed by atoms with Gasteiger partial charge in [0.1, 0.15) is 6.61 Å². The third kappa shape index (κ3) is 34.7. The Bertz CT molecular complexity index is 1040. The maximum Gasteiger partial charge on any atom is 0.469 e. The van der Waals surface area contributed by atoms with E-state index < -0.39 is 32.5 Å². The van der Waals surface area contributed by atoms with Gasteiger partial charge in [-0.3, -0.25) is 14.1 Å². The van der Waals surface area contributed by atoms with Crippen LogP contribution < -0.4 is 0 Å². The second-order valence-corrected chi connectivity index (χ2v) is 16.3. The lowest BCUT2D eigenvalue weighted by Crippen LogP contribution is -2.29. The maximum absolute atomic E-state index is 12.4. The Balaban J connectivity index is 2.07. The highest BCUT2D eigenvalue weighted by molar-refractivity contribution is 7.46. The topological polar surface area (TPSA) is 132 Å². The van der Waals surface area contributed by atoms with Crippen molar-refractivity contribution in [2.24, 2.45) is 0 Å². The summed E-state index contributed by atoms with van der Waals surface area (Å²) in [5, 5.41) is 0. The molecule has 1 aliphatic rings. The van der Waals surface area contributed by atoms with Crippen molar-refractivity contribution in [2.75, 3.05) is 13.2 Å². The average molecular weight is 783 g/mol. The van der Waals surface area contributed by atoms with Crippen LogP contribution in [0, 0.1) is 0 Å². The number of phosphoric acid groups is 1. The van der Waals surface area contributed by atoms with Gasteiger partial charge in [-0.2, -0.15) is 0 Å². The molecule has 0 aromatic rings. The molecule has 3 atom stereocenters. The van der Waals surface area contributed by atoms with Crippen LogP contribution in [0.3, 0.4) is 0 Å². The van der Waals surface area contributed by atoms with Gasteiger partial charge in [-0.1, -0.05) is 179 Å². The molecule has 0 spiro atoms. The third-order valence-electron chi connectivity index (χ3n) is 9.84. The molecule has 1 fully saturated rings. The smallest absolute Gasteiger partial charge is 0.462 e. The summed E-state index contributed by atoms with van der Waals surface area (Å²) in [5.74, 6) is -0.948. The van der Waals surface area contributed by atoms with Crippen LogP contribution in [0.15, 0.2) is 36.5 Å². The molecular weight excluding hydrogens is 703 g/mol. The minimum absolute atomic E-state index is 0.134. The van der Waals surface area contributed by atoms with E-state index in [4.69, 9.17) is 24.0 Å². The number of allylic oxidation sites excluding steroid dienone is 5. The summed E-state index contributed by atoms with van der Waals surface area (Å²) in [4.78, 5) is 42.9. The Hall–Kier alpha value is -1.77. The van der Waals surface area contributed by atoms with E-state index in [2.05, 4.69) is 48.8 Å². The minimum Gasteiger partial charge on any atom is -0.462 e. The van der Waals surface area contributed by atoms with Crippen LogP contribution in [0.5, 0.6) is 0 Å². The van der Waals surface area contributed by atoms with Crippen LogP contribution in [0.1, 0.15) is 200 Å². The molecule has 1 heterocycles. The fourth-order valence-electron chi connectivity index (χ4n) is 6.46. The molecule has 0 aliphatic carbocycles. The number of carbonyl (C=O) groups excluding carboxylic acids is 2. The molecule has 10 heteroatoms. The fourth-order valence-corrected chi connectivity index (χ4v) is 6.82. The number of carbonyl (C=O) groups is 2. The molecule has 0 aromatic heterocycles. The van der Waals surface area contributed by atoms with Gasteiger partial charge in [0.15, 0.2) is 6.10 Å². The molecule has 1 aliphatic heterocycles. The zero-order valence-electron chi connectivity index (χ0n) is 34.3. The zero-order chi connectivity index (χ0) is 39.4. The molecule has 9 nitrogen and oxygen atoms in total. The summed E-state index contributed by atoms with van der Waals surface area (Å²) in [6.07, 6.45) is 44.8. The summed E-state index contributed by atoms with van der Waals surface area (Å²) >= 11 is 0. The largest absolute Gasteiger partial charge is 0.469 e. The van der Waals surface area contributed by atoms with Crippen molar-refractivity contribution in [3.8, 4) is 0 Å². The number of hydrogen-bond donors (Lipinski definition) is 2. The molecule has 54 heavy (non-hydrogen) atoms.